The van der Waals surface area contributed by atoms with Crippen LogP contribution in [0, 0.1) is 12.7 Å². The Hall–Kier alpha value is -3.88. The standard InChI is InChI=1S/C25H25FN4O4/c1-16-14-17-4-2-3-5-21(17)30(16)18-6-7-19(20(26)15-18)22(31)28-10-12-29(13-11-28)23(32)25(8-9-25)27-24(33)34/h2-7,14-15,27H,8-13H2,1H3,(H,33,34). The van der Waals surface area contributed by atoms with Crippen LogP contribution in [0.1, 0.15) is 28.9 Å². The highest BCUT2D eigenvalue weighted by Crippen LogP contribution is 2.37. The molecule has 8 nitrogen and oxygen atoms in total. The predicted octanol–water partition coefficient (Wildman–Crippen LogP) is 3.16. The molecule has 2 N–H and O–H groups in total. The van der Waals surface area contributed by atoms with Crippen molar-refractivity contribution in [2.24, 2.45) is 0 Å². The van der Waals surface area contributed by atoms with Gasteiger partial charge in [-0.15, -0.1) is 0 Å². The SMILES string of the molecule is Cc1cc2ccccc2n1-c1ccc(C(=O)N2CCN(C(=O)C3(NC(=O)O)CC3)CC2)c(F)c1. The van der Waals surface area contributed by atoms with Gasteiger partial charge >= 0.3 is 6.09 Å². The molecule has 2 fully saturated rings. The Morgan fingerprint density at radius 3 is 2.29 bits per heavy atom. The van der Waals surface area contributed by atoms with Crippen LogP contribution in [-0.2, 0) is 4.79 Å². The van der Waals surface area contributed by atoms with Crippen molar-refractivity contribution in [1.29, 1.82) is 0 Å². The van der Waals surface area contributed by atoms with E-state index < -0.39 is 23.4 Å². The first-order valence-corrected chi connectivity index (χ1v) is 11.3. The van der Waals surface area contributed by atoms with Crippen molar-refractivity contribution in [2.75, 3.05) is 26.2 Å². The van der Waals surface area contributed by atoms with Crippen molar-refractivity contribution in [1.82, 2.24) is 19.7 Å². The zero-order valence-electron chi connectivity index (χ0n) is 18.8. The summed E-state index contributed by atoms with van der Waals surface area (Å²) in [6, 6.07) is 14.5. The number of carboxylic acid groups (broad SMARTS) is 1. The highest BCUT2D eigenvalue weighted by molar-refractivity contribution is 5.96. The molecular weight excluding hydrogens is 439 g/mol. The molecule has 1 aliphatic carbocycles. The number of nitrogens with zero attached hydrogens (tertiary/aromatic N) is 3. The third-order valence-corrected chi connectivity index (χ3v) is 6.70. The minimum Gasteiger partial charge on any atom is -0.465 e. The first-order chi connectivity index (χ1) is 16.3. The minimum atomic E-state index is -1.22. The molecule has 0 unspecified atom stereocenters. The van der Waals surface area contributed by atoms with Crippen molar-refractivity contribution < 1.29 is 23.9 Å². The monoisotopic (exact) mass is 464 g/mol. The molecule has 1 saturated heterocycles. The van der Waals surface area contributed by atoms with E-state index in [1.807, 2.05) is 41.8 Å². The lowest BCUT2D eigenvalue weighted by atomic mass is 10.1. The highest BCUT2D eigenvalue weighted by Gasteiger charge is 2.53. The quantitative estimate of drug-likeness (QED) is 0.620. The zero-order valence-corrected chi connectivity index (χ0v) is 18.8. The number of hydrogen-bond donors (Lipinski definition) is 2. The number of hydrogen-bond acceptors (Lipinski definition) is 3. The molecule has 1 aliphatic heterocycles. The molecule has 2 aliphatic rings. The molecule has 1 aromatic heterocycles. The van der Waals surface area contributed by atoms with E-state index >= 15 is 4.39 Å². The molecule has 34 heavy (non-hydrogen) atoms. The summed E-state index contributed by atoms with van der Waals surface area (Å²) in [5.74, 6) is -1.28. The lowest BCUT2D eigenvalue weighted by Gasteiger charge is -2.36. The van der Waals surface area contributed by atoms with Crippen LogP contribution < -0.4 is 5.32 Å². The third kappa shape index (κ3) is 3.76. The second kappa shape index (κ2) is 8.16. The van der Waals surface area contributed by atoms with Crippen molar-refractivity contribution in [3.63, 3.8) is 0 Å². The number of aryl methyl sites for hydroxylation is 1. The summed E-state index contributed by atoms with van der Waals surface area (Å²) in [5, 5.41) is 12.4. The number of benzene rings is 2. The van der Waals surface area contributed by atoms with E-state index in [1.54, 1.807) is 11.0 Å². The maximum Gasteiger partial charge on any atom is 0.405 e. The topological polar surface area (TPSA) is 94.9 Å². The summed E-state index contributed by atoms with van der Waals surface area (Å²) in [4.78, 5) is 39.8. The van der Waals surface area contributed by atoms with Gasteiger partial charge in [-0.05, 0) is 50.1 Å². The molecule has 0 spiro atoms. The van der Waals surface area contributed by atoms with Crippen LogP contribution in [0.2, 0.25) is 0 Å². The van der Waals surface area contributed by atoms with E-state index in [-0.39, 0.29) is 37.6 Å². The molecule has 3 amide bonds. The van der Waals surface area contributed by atoms with E-state index in [1.165, 1.54) is 17.0 Å². The van der Waals surface area contributed by atoms with Gasteiger partial charge in [-0.2, -0.15) is 0 Å². The maximum atomic E-state index is 15.1. The molecule has 2 aromatic carbocycles. The summed E-state index contributed by atoms with van der Waals surface area (Å²) in [5.41, 5.74) is 1.53. The van der Waals surface area contributed by atoms with Crippen molar-refractivity contribution in [3.8, 4) is 5.69 Å². The predicted molar refractivity (Wildman–Crippen MR) is 124 cm³/mol. The van der Waals surface area contributed by atoms with E-state index in [0.717, 1.165) is 16.6 Å². The molecule has 1 saturated carbocycles. The number of halogens is 1. The molecule has 0 radical (unpaired) electrons. The van der Waals surface area contributed by atoms with Crippen LogP contribution in [0.3, 0.4) is 0 Å². The number of rotatable bonds is 4. The average Bonchev–Trinajstić information content (AvgIpc) is 3.51. The van der Waals surface area contributed by atoms with E-state index in [9.17, 15) is 14.4 Å². The van der Waals surface area contributed by atoms with Gasteiger partial charge < -0.3 is 24.8 Å². The molecule has 0 bridgehead atoms. The number of para-hydroxylation sites is 1. The highest BCUT2D eigenvalue weighted by atomic mass is 19.1. The van der Waals surface area contributed by atoms with Gasteiger partial charge in [0.15, 0.2) is 0 Å². The molecule has 2 heterocycles. The Balaban J connectivity index is 1.29. The van der Waals surface area contributed by atoms with Crippen LogP contribution in [0.15, 0.2) is 48.5 Å². The Morgan fingerprint density at radius 1 is 0.971 bits per heavy atom. The summed E-state index contributed by atoms with van der Waals surface area (Å²) < 4.78 is 17.0. The number of carbonyl (C=O) groups is 3. The number of carbonyl (C=O) groups excluding carboxylic acids is 2. The summed E-state index contributed by atoms with van der Waals surface area (Å²) in [6.45, 7) is 3.03. The number of piperazine rings is 1. The first-order valence-electron chi connectivity index (χ1n) is 11.3. The van der Waals surface area contributed by atoms with Gasteiger partial charge in [0.1, 0.15) is 11.4 Å². The Morgan fingerprint density at radius 2 is 1.65 bits per heavy atom. The molecule has 0 atom stereocenters. The summed E-state index contributed by atoms with van der Waals surface area (Å²) in [6.07, 6.45) is -0.266. The van der Waals surface area contributed by atoms with Crippen molar-refractivity contribution in [3.05, 3.63) is 65.6 Å². The van der Waals surface area contributed by atoms with E-state index in [0.29, 0.717) is 18.5 Å². The van der Waals surface area contributed by atoms with E-state index in [2.05, 4.69) is 5.32 Å². The molecular formula is C25H25FN4O4. The van der Waals surface area contributed by atoms with Crippen LogP contribution in [0.5, 0.6) is 0 Å². The fourth-order valence-corrected chi connectivity index (χ4v) is 4.76. The van der Waals surface area contributed by atoms with Gasteiger partial charge in [-0.3, -0.25) is 9.59 Å². The van der Waals surface area contributed by atoms with E-state index in [4.69, 9.17) is 5.11 Å². The van der Waals surface area contributed by atoms with Gasteiger partial charge in [0, 0.05) is 42.9 Å². The van der Waals surface area contributed by atoms with Crippen LogP contribution >= 0.6 is 0 Å². The Labute approximate surface area is 195 Å². The molecule has 5 rings (SSSR count). The fraction of sp³-hybridized carbons (Fsp3) is 0.320. The minimum absolute atomic E-state index is 0.0103. The lowest BCUT2D eigenvalue weighted by molar-refractivity contribution is -0.135. The second-order valence-corrected chi connectivity index (χ2v) is 8.94. The molecule has 9 heteroatoms. The number of aromatic nitrogens is 1. The summed E-state index contributed by atoms with van der Waals surface area (Å²) in [7, 11) is 0. The average molecular weight is 464 g/mol. The van der Waals surface area contributed by atoms with Gasteiger partial charge in [0.05, 0.1) is 11.1 Å². The van der Waals surface area contributed by atoms with Gasteiger partial charge in [-0.1, -0.05) is 18.2 Å². The summed E-state index contributed by atoms with van der Waals surface area (Å²) >= 11 is 0. The Bertz CT molecular complexity index is 1310. The zero-order chi connectivity index (χ0) is 24.0. The second-order valence-electron chi connectivity index (χ2n) is 8.94. The van der Waals surface area contributed by atoms with Crippen LogP contribution in [-0.4, -0.2) is 69.1 Å². The number of nitrogens with one attached hydrogen (secondary N) is 1. The van der Waals surface area contributed by atoms with Gasteiger partial charge in [0.2, 0.25) is 5.91 Å². The smallest absolute Gasteiger partial charge is 0.405 e. The normalized spacial score (nSPS) is 17.0. The third-order valence-electron chi connectivity index (χ3n) is 6.70. The van der Waals surface area contributed by atoms with Gasteiger partial charge in [-0.25, -0.2) is 9.18 Å². The van der Waals surface area contributed by atoms with Crippen molar-refractivity contribution >= 4 is 28.8 Å². The molecule has 3 aromatic rings. The lowest BCUT2D eigenvalue weighted by Crippen LogP contribution is -2.57. The first kappa shape index (κ1) is 21.9. The Kier molecular flexibility index (Phi) is 5.27. The number of fused-ring (bicyclic) bond motifs is 1. The maximum absolute atomic E-state index is 15.1. The van der Waals surface area contributed by atoms with Gasteiger partial charge in [0.25, 0.3) is 5.91 Å². The van der Waals surface area contributed by atoms with Crippen molar-refractivity contribution in [2.45, 2.75) is 25.3 Å². The van der Waals surface area contributed by atoms with Crippen LogP contribution in [0.4, 0.5) is 9.18 Å². The van der Waals surface area contributed by atoms with Crippen LogP contribution in [0.25, 0.3) is 16.6 Å². The number of amides is 3. The fourth-order valence-electron chi connectivity index (χ4n) is 4.76. The largest absolute Gasteiger partial charge is 0.465 e. The molecule has 176 valence electrons.